The van der Waals surface area contributed by atoms with E-state index >= 15 is 0 Å². The second-order valence-corrected chi connectivity index (χ2v) is 22.2. The first kappa shape index (κ1) is 65.7. The molecule has 4 aliphatic rings. The Labute approximate surface area is 492 Å². The van der Waals surface area contributed by atoms with Gasteiger partial charge in [0.25, 0.3) is 0 Å². The predicted molar refractivity (Wildman–Crippen MR) is 319 cm³/mol. The van der Waals surface area contributed by atoms with Crippen LogP contribution in [0.3, 0.4) is 0 Å². The van der Waals surface area contributed by atoms with E-state index in [1.807, 2.05) is 84.9 Å². The number of hydrogen-bond donors (Lipinski definition) is 1. The van der Waals surface area contributed by atoms with Crippen LogP contribution in [0.15, 0.2) is 156 Å². The molecule has 16 heteroatoms. The summed E-state index contributed by atoms with van der Waals surface area (Å²) in [7, 11) is 3.80. The molecule has 14 nitrogen and oxygen atoms in total. The van der Waals surface area contributed by atoms with Gasteiger partial charge in [-0.25, -0.2) is 14.4 Å². The van der Waals surface area contributed by atoms with Crippen LogP contribution in [0.2, 0.25) is 0 Å². The topological polar surface area (TPSA) is 187 Å². The van der Waals surface area contributed by atoms with Crippen molar-refractivity contribution in [3.63, 3.8) is 0 Å². The maximum absolute atomic E-state index is 12.3. The SMILES string of the molecule is C.CC1(C)OB(C2=CCC(C(=O)OCc3ccccc3)CC2)OC1(C)C.COC(=O)c1ccc(Br)cc1.COC(=O)c1ccc(C2=CCC(C(=O)OCc3ccccc3)CC2)cc1.COC(=O)c1ccc(C2CCC(C(=O)O)CC2)cc1. The third-order valence-electron chi connectivity index (χ3n) is 15.3. The first-order valence-electron chi connectivity index (χ1n) is 27.4. The summed E-state index contributed by atoms with van der Waals surface area (Å²) >= 11 is 3.26. The molecular formula is C66H78BBrO14. The Balaban J connectivity index is 0.000000207. The zero-order valence-corrected chi connectivity index (χ0v) is 48.9. The van der Waals surface area contributed by atoms with Gasteiger partial charge in [-0.15, -0.1) is 0 Å². The molecule has 2 unspecified atom stereocenters. The van der Waals surface area contributed by atoms with Crippen molar-refractivity contribution in [1.29, 1.82) is 0 Å². The number of rotatable bonds is 13. The number of hydrogen-bond acceptors (Lipinski definition) is 13. The lowest BCUT2D eigenvalue weighted by atomic mass is 9.70. The number of ether oxygens (including phenoxy) is 5. The summed E-state index contributed by atoms with van der Waals surface area (Å²) < 4.78 is 37.9. The van der Waals surface area contributed by atoms with Crippen molar-refractivity contribution >= 4 is 64.4 Å². The lowest BCUT2D eigenvalue weighted by molar-refractivity contribution is -0.151. The van der Waals surface area contributed by atoms with Crippen molar-refractivity contribution in [2.24, 2.45) is 17.8 Å². The number of halogens is 1. The van der Waals surface area contributed by atoms with Crippen molar-refractivity contribution in [3.8, 4) is 0 Å². The number of benzene rings is 5. The van der Waals surface area contributed by atoms with Gasteiger partial charge in [-0.2, -0.15) is 0 Å². The zero-order valence-electron chi connectivity index (χ0n) is 47.4. The minimum absolute atomic E-state index is 0. The summed E-state index contributed by atoms with van der Waals surface area (Å²) in [5.74, 6) is -1.86. The summed E-state index contributed by atoms with van der Waals surface area (Å²) in [5, 5.41) is 8.97. The van der Waals surface area contributed by atoms with Crippen molar-refractivity contribution < 1.29 is 66.9 Å². The van der Waals surface area contributed by atoms with E-state index in [0.717, 1.165) is 78.0 Å². The van der Waals surface area contributed by atoms with Gasteiger partial charge < -0.3 is 38.1 Å². The first-order chi connectivity index (χ1) is 38.8. The minimum Gasteiger partial charge on any atom is -0.481 e. The van der Waals surface area contributed by atoms with Crippen LogP contribution in [-0.2, 0) is 60.6 Å². The van der Waals surface area contributed by atoms with Gasteiger partial charge in [-0.05, 0) is 180 Å². The minimum atomic E-state index is -0.681. The van der Waals surface area contributed by atoms with E-state index in [1.165, 1.54) is 32.5 Å². The van der Waals surface area contributed by atoms with E-state index in [2.05, 4.69) is 65.3 Å². The van der Waals surface area contributed by atoms with Crippen LogP contribution in [0.5, 0.6) is 0 Å². The molecule has 2 fully saturated rings. The molecule has 82 heavy (non-hydrogen) atoms. The second-order valence-electron chi connectivity index (χ2n) is 21.3. The molecule has 5 aromatic rings. The normalized spacial score (nSPS) is 19.3. The number of carbonyl (C=O) groups is 6. The van der Waals surface area contributed by atoms with Crippen LogP contribution in [0.25, 0.3) is 5.57 Å². The molecule has 436 valence electrons. The predicted octanol–water partition coefficient (Wildman–Crippen LogP) is 14.2. The van der Waals surface area contributed by atoms with Gasteiger partial charge in [-0.1, -0.05) is 120 Å². The summed E-state index contributed by atoms with van der Waals surface area (Å²) in [6, 6.07) is 41.3. The Morgan fingerprint density at radius 2 is 0.951 bits per heavy atom. The van der Waals surface area contributed by atoms with Crippen LogP contribution < -0.4 is 0 Å². The molecule has 0 aromatic heterocycles. The molecule has 0 bridgehead atoms. The molecule has 0 spiro atoms. The molecule has 5 aromatic carbocycles. The molecular weight excluding hydrogens is 1110 g/mol. The van der Waals surface area contributed by atoms with E-state index in [-0.39, 0.29) is 73.3 Å². The van der Waals surface area contributed by atoms with Gasteiger partial charge in [0.1, 0.15) is 13.2 Å². The highest BCUT2D eigenvalue weighted by atomic mass is 79.9. The van der Waals surface area contributed by atoms with Crippen molar-refractivity contribution in [1.82, 2.24) is 0 Å². The molecule has 2 atom stereocenters. The standard InChI is InChI=1S/C22H22O4.C20H27BO4.C15H18O4.C8H7BrO2.CH4/c1-25-21(23)19-11-7-17(8-12-19)18-9-13-20(14-10-18)22(24)26-15-16-5-3-2-4-6-16;1-19(2)20(3,4)25-21(24-19)17-12-10-16(11-13-17)18(22)23-14-15-8-6-5-7-9-15;1-19-15(18)13-8-4-11(5-9-13)10-2-6-12(7-3-10)14(16)17;1-11-8(10)6-2-4-7(9)5-3-6;/h2-9,11-12,20H,10,13-15H2,1H3;5-9,12,16H,10-11,13-14H2,1-4H3;4-5,8-10,12H,2-3,6-7H2,1H3,(H,16,17);2-5H,1H3;1H4. The average Bonchev–Trinajstić information content (AvgIpc) is 3.74. The van der Waals surface area contributed by atoms with Crippen LogP contribution >= 0.6 is 15.9 Å². The number of esters is 5. The largest absolute Gasteiger partial charge is 0.490 e. The number of allylic oxidation sites excluding steroid dienone is 4. The number of methoxy groups -OCH3 is 3. The number of carboxylic acid groups (broad SMARTS) is 1. The number of carbonyl (C=O) groups excluding carboxylic acids is 5. The smallest absolute Gasteiger partial charge is 0.481 e. The fraction of sp³-hybridized carbons (Fsp3) is 0.394. The third-order valence-corrected chi connectivity index (χ3v) is 15.9. The van der Waals surface area contributed by atoms with E-state index in [0.29, 0.717) is 48.7 Å². The van der Waals surface area contributed by atoms with Crippen molar-refractivity contribution in [2.45, 2.75) is 130 Å². The Morgan fingerprint density at radius 1 is 0.537 bits per heavy atom. The molecule has 0 radical (unpaired) electrons. The average molecular weight is 1190 g/mol. The van der Waals surface area contributed by atoms with Gasteiger partial charge in [-0.3, -0.25) is 14.4 Å². The van der Waals surface area contributed by atoms with Crippen LogP contribution in [0.1, 0.15) is 159 Å². The van der Waals surface area contributed by atoms with E-state index in [9.17, 15) is 28.8 Å². The molecule has 3 aliphatic carbocycles. The van der Waals surface area contributed by atoms with Gasteiger partial charge in [0.2, 0.25) is 0 Å². The molecule has 1 aliphatic heterocycles. The molecule has 9 rings (SSSR count). The quantitative estimate of drug-likeness (QED) is 0.0666. The summed E-state index contributed by atoms with van der Waals surface area (Å²) in [4.78, 5) is 69.2. The molecule has 1 saturated carbocycles. The maximum atomic E-state index is 12.3. The van der Waals surface area contributed by atoms with E-state index in [1.54, 1.807) is 48.5 Å². The van der Waals surface area contributed by atoms with E-state index in [4.69, 9.17) is 28.6 Å². The lowest BCUT2D eigenvalue weighted by Gasteiger charge is -2.32. The summed E-state index contributed by atoms with van der Waals surface area (Å²) in [6.45, 7) is 8.88. The number of carboxylic acids is 1. The van der Waals surface area contributed by atoms with Crippen LogP contribution in [-0.4, -0.2) is 80.6 Å². The van der Waals surface area contributed by atoms with E-state index < -0.39 is 5.97 Å². The van der Waals surface area contributed by atoms with Gasteiger partial charge in [0.15, 0.2) is 0 Å². The molecule has 1 N–H and O–H groups in total. The van der Waals surface area contributed by atoms with Crippen molar-refractivity contribution in [2.75, 3.05) is 21.3 Å². The highest BCUT2D eigenvalue weighted by molar-refractivity contribution is 9.10. The summed E-state index contributed by atoms with van der Waals surface area (Å²) in [5.41, 5.74) is 7.60. The zero-order chi connectivity index (χ0) is 58.5. The summed E-state index contributed by atoms with van der Waals surface area (Å²) in [6.07, 6.45) is 12.0. The Kier molecular flexibility index (Phi) is 25.6. The van der Waals surface area contributed by atoms with Gasteiger partial charge in [0, 0.05) is 4.47 Å². The van der Waals surface area contributed by atoms with Gasteiger partial charge >= 0.3 is 42.9 Å². The van der Waals surface area contributed by atoms with Crippen LogP contribution in [0, 0.1) is 17.8 Å². The molecule has 0 amide bonds. The van der Waals surface area contributed by atoms with Crippen LogP contribution in [0.4, 0.5) is 0 Å². The second kappa shape index (κ2) is 31.9. The fourth-order valence-corrected chi connectivity index (χ4v) is 9.87. The fourth-order valence-electron chi connectivity index (χ4n) is 9.61. The molecule has 1 heterocycles. The van der Waals surface area contributed by atoms with Crippen molar-refractivity contribution in [3.05, 3.63) is 195 Å². The maximum Gasteiger partial charge on any atom is 0.490 e. The molecule has 1 saturated heterocycles. The highest BCUT2D eigenvalue weighted by Crippen LogP contribution is 2.41. The Morgan fingerprint density at radius 3 is 1.34 bits per heavy atom. The highest BCUT2D eigenvalue weighted by Gasteiger charge is 2.52. The Hall–Kier alpha value is -7.14. The number of aliphatic carboxylic acids is 1. The monoisotopic (exact) mass is 1180 g/mol. The Bertz CT molecular complexity index is 2910. The van der Waals surface area contributed by atoms with Gasteiger partial charge in [0.05, 0.1) is 67.0 Å². The first-order valence-corrected chi connectivity index (χ1v) is 28.2. The third kappa shape index (κ3) is 19.2. The lowest BCUT2D eigenvalue weighted by Crippen LogP contribution is -2.41.